The molecule has 0 fully saturated rings. The molecule has 10 rings (SSSR count). The van der Waals surface area contributed by atoms with Crippen LogP contribution < -0.4 is 4.90 Å². The third kappa shape index (κ3) is 5.30. The van der Waals surface area contributed by atoms with Gasteiger partial charge in [0.2, 0.25) is 0 Å². The average molecular weight is 699 g/mol. The summed E-state index contributed by atoms with van der Waals surface area (Å²) in [6.45, 7) is 7.13. The summed E-state index contributed by atoms with van der Waals surface area (Å²) in [5, 5.41) is 1.35. The number of allylic oxidation sites excluding steroid dienone is 9. The number of hydrogen-bond donors (Lipinski definition) is 0. The highest BCUT2D eigenvalue weighted by atomic mass is 15.1. The first-order valence-corrected chi connectivity index (χ1v) is 19.7. The van der Waals surface area contributed by atoms with Gasteiger partial charge >= 0.3 is 0 Å². The Morgan fingerprint density at radius 2 is 1.44 bits per heavy atom. The zero-order valence-electron chi connectivity index (χ0n) is 31.5. The van der Waals surface area contributed by atoms with Crippen LogP contribution in [0.25, 0.3) is 39.4 Å². The van der Waals surface area contributed by atoms with E-state index in [1.165, 1.54) is 83.9 Å². The third-order valence-corrected chi connectivity index (χ3v) is 12.5. The molecule has 54 heavy (non-hydrogen) atoms. The second-order valence-corrected chi connectivity index (χ2v) is 16.1. The van der Waals surface area contributed by atoms with Crippen LogP contribution >= 0.6 is 0 Å². The molecule has 2 unspecified atom stereocenters. The van der Waals surface area contributed by atoms with Crippen LogP contribution in [-0.2, 0) is 11.8 Å². The number of benzene rings is 5. The predicted octanol–water partition coefficient (Wildman–Crippen LogP) is 13.9. The van der Waals surface area contributed by atoms with Gasteiger partial charge in [-0.25, -0.2) is 0 Å². The average Bonchev–Trinajstić information content (AvgIpc) is 3.66. The van der Waals surface area contributed by atoms with Crippen molar-refractivity contribution in [2.75, 3.05) is 4.90 Å². The van der Waals surface area contributed by atoms with Gasteiger partial charge < -0.3 is 9.47 Å². The highest BCUT2D eigenvalue weighted by Gasteiger charge is 2.36. The SMILES string of the molecule is CC1Cc2c(c3ccccc3n2C2=CC=CCC2)C=C1c1ccc(N(c2ccc(C3C=CC=CC3)cc2)c2ccc3c(c2)C(C)(C)c2ccccc2-3)cc1. The van der Waals surface area contributed by atoms with E-state index >= 15 is 0 Å². The summed E-state index contributed by atoms with van der Waals surface area (Å²) in [5.41, 5.74) is 18.6. The molecule has 264 valence electrons. The lowest BCUT2D eigenvalue weighted by molar-refractivity contribution is 0.660. The number of nitrogens with zero attached hydrogens (tertiary/aromatic N) is 2. The van der Waals surface area contributed by atoms with E-state index < -0.39 is 0 Å². The summed E-state index contributed by atoms with van der Waals surface area (Å²) in [6.07, 6.45) is 22.5. The van der Waals surface area contributed by atoms with E-state index in [9.17, 15) is 0 Å². The van der Waals surface area contributed by atoms with E-state index in [1.54, 1.807) is 0 Å². The number of fused-ring (bicyclic) bond motifs is 6. The van der Waals surface area contributed by atoms with E-state index in [0.29, 0.717) is 11.8 Å². The maximum atomic E-state index is 2.56. The molecule has 0 spiro atoms. The molecule has 0 bridgehead atoms. The van der Waals surface area contributed by atoms with Gasteiger partial charge in [-0.1, -0.05) is 130 Å². The molecule has 1 aromatic heterocycles. The first kappa shape index (κ1) is 32.8. The summed E-state index contributed by atoms with van der Waals surface area (Å²) in [6, 6.07) is 43.6. The van der Waals surface area contributed by atoms with Crippen molar-refractivity contribution in [2.24, 2.45) is 5.92 Å². The minimum atomic E-state index is -0.0715. The fourth-order valence-corrected chi connectivity index (χ4v) is 9.63. The second-order valence-electron chi connectivity index (χ2n) is 16.1. The van der Waals surface area contributed by atoms with Crippen LogP contribution in [0.15, 0.2) is 158 Å². The maximum absolute atomic E-state index is 2.56. The number of hydrogen-bond acceptors (Lipinski definition) is 1. The zero-order chi connectivity index (χ0) is 36.4. The van der Waals surface area contributed by atoms with E-state index in [0.717, 1.165) is 25.7 Å². The normalized spacial score (nSPS) is 19.2. The van der Waals surface area contributed by atoms with Crippen LogP contribution in [0, 0.1) is 5.92 Å². The molecule has 0 saturated heterocycles. The van der Waals surface area contributed by atoms with Crippen molar-refractivity contribution in [1.29, 1.82) is 0 Å². The lowest BCUT2D eigenvalue weighted by atomic mass is 9.82. The van der Waals surface area contributed by atoms with Crippen molar-refractivity contribution in [3.8, 4) is 11.1 Å². The monoisotopic (exact) mass is 698 g/mol. The second kappa shape index (κ2) is 12.9. The zero-order valence-corrected chi connectivity index (χ0v) is 31.5. The summed E-state index contributed by atoms with van der Waals surface area (Å²) >= 11 is 0. The van der Waals surface area contributed by atoms with Crippen LogP contribution in [0.5, 0.6) is 0 Å². The number of rotatable bonds is 6. The Balaban J connectivity index is 1.05. The fraction of sp³-hybridized carbons (Fsp3) is 0.192. The fourth-order valence-electron chi connectivity index (χ4n) is 9.63. The predicted molar refractivity (Wildman–Crippen MR) is 230 cm³/mol. The Labute approximate surface area is 319 Å². The van der Waals surface area contributed by atoms with Crippen molar-refractivity contribution in [3.63, 3.8) is 0 Å². The molecule has 2 heteroatoms. The van der Waals surface area contributed by atoms with Gasteiger partial charge in [0.15, 0.2) is 0 Å². The van der Waals surface area contributed by atoms with Crippen LogP contribution in [-0.4, -0.2) is 4.57 Å². The van der Waals surface area contributed by atoms with Gasteiger partial charge in [-0.05, 0) is 125 Å². The molecular formula is C52H46N2. The standard InChI is InChI=1S/C52H46N2/c1-35-32-51-47(45-19-11-13-21-50(45)54(51)39-16-8-5-9-17-39)34-46(35)38-24-28-41(29-25-38)53(40-26-22-37(23-27-40)36-14-6-4-7-15-36)42-30-31-44-43-18-10-12-20-48(43)52(2,3)49(44)33-42/h4-8,10-14,16,18-31,33-36H,9,15,17,32H2,1-3H3. The molecule has 0 aliphatic heterocycles. The summed E-state index contributed by atoms with van der Waals surface area (Å²) < 4.78 is 2.56. The Bertz CT molecular complexity index is 2580. The van der Waals surface area contributed by atoms with Gasteiger partial charge in [0.25, 0.3) is 0 Å². The molecule has 6 aromatic rings. The molecule has 0 saturated carbocycles. The van der Waals surface area contributed by atoms with Gasteiger partial charge in [0, 0.05) is 50.7 Å². The number of aromatic nitrogens is 1. The van der Waals surface area contributed by atoms with Crippen LogP contribution in [0.1, 0.15) is 79.5 Å². The van der Waals surface area contributed by atoms with E-state index in [4.69, 9.17) is 0 Å². The molecule has 0 N–H and O–H groups in total. The highest BCUT2D eigenvalue weighted by Crippen LogP contribution is 2.51. The summed E-state index contributed by atoms with van der Waals surface area (Å²) in [7, 11) is 0. The molecule has 5 aromatic carbocycles. The first-order valence-electron chi connectivity index (χ1n) is 19.7. The summed E-state index contributed by atoms with van der Waals surface area (Å²) in [5.74, 6) is 0.826. The highest BCUT2D eigenvalue weighted by molar-refractivity contribution is 6.00. The molecular weight excluding hydrogens is 653 g/mol. The van der Waals surface area contributed by atoms with Gasteiger partial charge in [-0.3, -0.25) is 0 Å². The Hall–Kier alpha value is -5.86. The maximum Gasteiger partial charge on any atom is 0.0534 e. The Morgan fingerprint density at radius 3 is 2.22 bits per heavy atom. The minimum absolute atomic E-state index is 0.0715. The van der Waals surface area contributed by atoms with Crippen LogP contribution in [0.4, 0.5) is 17.1 Å². The van der Waals surface area contributed by atoms with Gasteiger partial charge in [-0.15, -0.1) is 0 Å². The molecule has 1 heterocycles. The molecule has 4 aliphatic rings. The van der Waals surface area contributed by atoms with Crippen LogP contribution in [0.3, 0.4) is 0 Å². The number of anilines is 3. The van der Waals surface area contributed by atoms with Crippen molar-refractivity contribution < 1.29 is 0 Å². The third-order valence-electron chi connectivity index (χ3n) is 12.5. The quantitative estimate of drug-likeness (QED) is 0.168. The van der Waals surface area contributed by atoms with Crippen molar-refractivity contribution in [2.45, 2.75) is 57.8 Å². The van der Waals surface area contributed by atoms with E-state index in [-0.39, 0.29) is 5.41 Å². The van der Waals surface area contributed by atoms with Gasteiger partial charge in [0.1, 0.15) is 0 Å². The Morgan fingerprint density at radius 1 is 0.704 bits per heavy atom. The lowest BCUT2D eigenvalue weighted by Gasteiger charge is -2.29. The van der Waals surface area contributed by atoms with Gasteiger partial charge in [0.05, 0.1) is 5.52 Å². The van der Waals surface area contributed by atoms with Crippen molar-refractivity contribution in [1.82, 2.24) is 4.57 Å². The molecule has 4 aliphatic carbocycles. The topological polar surface area (TPSA) is 8.17 Å². The minimum Gasteiger partial charge on any atom is -0.317 e. The van der Waals surface area contributed by atoms with Crippen molar-refractivity contribution in [3.05, 3.63) is 191 Å². The molecule has 0 amide bonds. The van der Waals surface area contributed by atoms with Crippen LogP contribution in [0.2, 0.25) is 0 Å². The smallest absolute Gasteiger partial charge is 0.0534 e. The molecule has 0 radical (unpaired) electrons. The van der Waals surface area contributed by atoms with E-state index in [2.05, 4.69) is 194 Å². The Kier molecular flexibility index (Phi) is 7.84. The first-order chi connectivity index (χ1) is 26.5. The van der Waals surface area contributed by atoms with Gasteiger partial charge in [-0.2, -0.15) is 0 Å². The largest absolute Gasteiger partial charge is 0.317 e. The number of para-hydroxylation sites is 1. The summed E-state index contributed by atoms with van der Waals surface area (Å²) in [4.78, 5) is 2.44. The lowest BCUT2D eigenvalue weighted by Crippen LogP contribution is -2.16. The molecule has 2 atom stereocenters. The van der Waals surface area contributed by atoms with Crippen molar-refractivity contribution >= 4 is 45.3 Å². The van der Waals surface area contributed by atoms with E-state index in [1.807, 2.05) is 0 Å². The molecule has 2 nitrogen and oxygen atoms in total.